The molecule has 0 bridgehead atoms. The fraction of sp³-hybridized carbons (Fsp3) is 0.474. The number of carbonyl (C=O) groups is 1. The van der Waals surface area contributed by atoms with Gasteiger partial charge in [-0.1, -0.05) is 31.5 Å². The van der Waals surface area contributed by atoms with Crippen LogP contribution in [0.15, 0.2) is 24.3 Å². The smallest absolute Gasteiger partial charge is 0.253 e. The molecule has 132 valence electrons. The molecule has 0 atom stereocenters. The molecule has 1 amide bonds. The minimum atomic E-state index is 0.0919. The summed E-state index contributed by atoms with van der Waals surface area (Å²) in [6.45, 7) is 8.99. The normalized spacial score (nSPS) is 14.7. The first-order valence-corrected chi connectivity index (χ1v) is 8.95. The largest absolute Gasteiger partial charge is 0.336 e. The fourth-order valence-electron chi connectivity index (χ4n) is 3.05. The van der Waals surface area contributed by atoms with Crippen LogP contribution in [0.1, 0.15) is 41.2 Å². The fourth-order valence-corrected chi connectivity index (χ4v) is 3.05. The Balaban J connectivity index is 1.65. The average molecular weight is 339 g/mol. The number of hydrogen-bond donors (Lipinski definition) is 0. The van der Waals surface area contributed by atoms with E-state index in [1.54, 1.807) is 0 Å². The van der Waals surface area contributed by atoms with Crippen LogP contribution in [0.2, 0.25) is 0 Å². The summed E-state index contributed by atoms with van der Waals surface area (Å²) in [6, 6.07) is 7.75. The maximum atomic E-state index is 12.6. The molecule has 0 unspecified atom stereocenters. The van der Waals surface area contributed by atoms with Crippen LogP contribution in [-0.2, 0) is 12.8 Å². The van der Waals surface area contributed by atoms with E-state index in [1.807, 2.05) is 36.1 Å². The molecule has 1 fully saturated rings. The second-order valence-corrected chi connectivity index (χ2v) is 6.36. The minimum Gasteiger partial charge on any atom is -0.336 e. The molecule has 3 rings (SSSR count). The number of carbonyl (C=O) groups excluding carboxylic acids is 1. The Morgan fingerprint density at radius 1 is 0.960 bits per heavy atom. The molecule has 2 aromatic rings. The Morgan fingerprint density at radius 3 is 2.20 bits per heavy atom. The van der Waals surface area contributed by atoms with Gasteiger partial charge in [0.05, 0.1) is 11.4 Å². The van der Waals surface area contributed by atoms with Crippen molar-refractivity contribution < 1.29 is 4.79 Å². The summed E-state index contributed by atoms with van der Waals surface area (Å²) < 4.78 is 0. The highest BCUT2D eigenvalue weighted by Crippen LogP contribution is 2.15. The van der Waals surface area contributed by atoms with Gasteiger partial charge in [-0.3, -0.25) is 4.79 Å². The number of aryl methyl sites for hydroxylation is 3. The predicted octanol–water partition coefficient (Wildman–Crippen LogP) is 2.27. The topological polar surface area (TPSA) is 62.2 Å². The number of anilines is 1. The highest BCUT2D eigenvalue weighted by atomic mass is 16.2. The SMILES string of the molecule is CCc1nnc(N2CCN(C(=O)c3ccc(C)cc3)CC2)nc1CC. The molecule has 0 aliphatic carbocycles. The first kappa shape index (κ1) is 17.3. The first-order chi connectivity index (χ1) is 12.1. The van der Waals surface area contributed by atoms with Gasteiger partial charge in [0, 0.05) is 31.7 Å². The molecule has 0 N–H and O–H groups in total. The predicted molar refractivity (Wildman–Crippen MR) is 97.9 cm³/mol. The van der Waals surface area contributed by atoms with E-state index >= 15 is 0 Å². The van der Waals surface area contributed by atoms with E-state index in [1.165, 1.54) is 0 Å². The number of nitrogens with zero attached hydrogens (tertiary/aromatic N) is 5. The molecule has 1 aromatic heterocycles. The molecule has 0 saturated carbocycles. The molecule has 0 spiro atoms. The van der Waals surface area contributed by atoms with Gasteiger partial charge in [-0.2, -0.15) is 5.10 Å². The number of amides is 1. The second kappa shape index (κ2) is 7.59. The van der Waals surface area contributed by atoms with Crippen molar-refractivity contribution in [1.82, 2.24) is 20.1 Å². The number of rotatable bonds is 4. The zero-order valence-corrected chi connectivity index (χ0v) is 15.2. The van der Waals surface area contributed by atoms with Gasteiger partial charge in [-0.25, -0.2) is 4.98 Å². The lowest BCUT2D eigenvalue weighted by molar-refractivity contribution is 0.0746. The average Bonchev–Trinajstić information content (AvgIpc) is 2.67. The van der Waals surface area contributed by atoms with Crippen LogP contribution in [0, 0.1) is 6.92 Å². The third-order valence-corrected chi connectivity index (χ3v) is 4.65. The Bertz CT molecular complexity index is 736. The van der Waals surface area contributed by atoms with Crippen molar-refractivity contribution in [1.29, 1.82) is 0 Å². The van der Waals surface area contributed by atoms with E-state index in [4.69, 9.17) is 0 Å². The van der Waals surface area contributed by atoms with Gasteiger partial charge in [-0.15, -0.1) is 5.10 Å². The summed E-state index contributed by atoms with van der Waals surface area (Å²) in [5.74, 6) is 0.769. The highest BCUT2D eigenvalue weighted by molar-refractivity contribution is 5.94. The van der Waals surface area contributed by atoms with Gasteiger partial charge in [-0.05, 0) is 31.9 Å². The van der Waals surface area contributed by atoms with Gasteiger partial charge < -0.3 is 9.80 Å². The van der Waals surface area contributed by atoms with Crippen molar-refractivity contribution in [3.05, 3.63) is 46.8 Å². The minimum absolute atomic E-state index is 0.0919. The van der Waals surface area contributed by atoms with Crippen LogP contribution in [0.4, 0.5) is 5.95 Å². The number of benzene rings is 1. The van der Waals surface area contributed by atoms with E-state index in [2.05, 4.69) is 33.9 Å². The van der Waals surface area contributed by atoms with Crippen molar-refractivity contribution >= 4 is 11.9 Å². The van der Waals surface area contributed by atoms with Crippen molar-refractivity contribution in [2.45, 2.75) is 33.6 Å². The van der Waals surface area contributed by atoms with Crippen LogP contribution in [0.3, 0.4) is 0 Å². The summed E-state index contributed by atoms with van der Waals surface area (Å²) in [5, 5.41) is 8.60. The Kier molecular flexibility index (Phi) is 5.26. The lowest BCUT2D eigenvalue weighted by Gasteiger charge is -2.34. The van der Waals surface area contributed by atoms with Crippen LogP contribution < -0.4 is 4.90 Å². The van der Waals surface area contributed by atoms with Gasteiger partial charge in [0.15, 0.2) is 0 Å². The van der Waals surface area contributed by atoms with Gasteiger partial charge in [0.2, 0.25) is 5.95 Å². The summed E-state index contributed by atoms with van der Waals surface area (Å²) in [7, 11) is 0. The highest BCUT2D eigenvalue weighted by Gasteiger charge is 2.24. The quantitative estimate of drug-likeness (QED) is 0.855. The van der Waals surface area contributed by atoms with Crippen LogP contribution in [-0.4, -0.2) is 52.2 Å². The van der Waals surface area contributed by atoms with E-state index in [-0.39, 0.29) is 5.91 Å². The Labute approximate surface area is 148 Å². The second-order valence-electron chi connectivity index (χ2n) is 6.36. The third-order valence-electron chi connectivity index (χ3n) is 4.65. The lowest BCUT2D eigenvalue weighted by Crippen LogP contribution is -2.49. The maximum Gasteiger partial charge on any atom is 0.253 e. The van der Waals surface area contributed by atoms with Crippen LogP contribution >= 0.6 is 0 Å². The molecule has 2 heterocycles. The standard InChI is InChI=1S/C19H25N5O/c1-4-16-17(5-2)21-22-19(20-16)24-12-10-23(11-13-24)18(25)15-8-6-14(3)7-9-15/h6-9H,4-5,10-13H2,1-3H3. The summed E-state index contributed by atoms with van der Waals surface area (Å²) >= 11 is 0. The number of hydrogen-bond acceptors (Lipinski definition) is 5. The van der Waals surface area contributed by atoms with E-state index in [0.29, 0.717) is 19.0 Å². The van der Waals surface area contributed by atoms with E-state index in [9.17, 15) is 4.79 Å². The zero-order chi connectivity index (χ0) is 17.8. The molecular formula is C19H25N5O. The molecule has 1 aromatic carbocycles. The van der Waals surface area contributed by atoms with Crippen LogP contribution in [0.25, 0.3) is 0 Å². The monoisotopic (exact) mass is 339 g/mol. The Morgan fingerprint density at radius 2 is 1.60 bits per heavy atom. The van der Waals surface area contributed by atoms with Crippen molar-refractivity contribution in [2.24, 2.45) is 0 Å². The molecule has 6 nitrogen and oxygen atoms in total. The first-order valence-electron chi connectivity index (χ1n) is 8.95. The summed E-state index contributed by atoms with van der Waals surface area (Å²) in [5.41, 5.74) is 3.90. The maximum absolute atomic E-state index is 12.6. The van der Waals surface area contributed by atoms with Gasteiger partial charge in [0.1, 0.15) is 0 Å². The van der Waals surface area contributed by atoms with E-state index < -0.39 is 0 Å². The molecule has 1 aliphatic rings. The number of piperazine rings is 1. The van der Waals surface area contributed by atoms with Gasteiger partial charge >= 0.3 is 0 Å². The van der Waals surface area contributed by atoms with Crippen LogP contribution in [0.5, 0.6) is 0 Å². The van der Waals surface area contributed by atoms with Crippen molar-refractivity contribution in [3.63, 3.8) is 0 Å². The molecule has 6 heteroatoms. The molecular weight excluding hydrogens is 314 g/mol. The third kappa shape index (κ3) is 3.78. The summed E-state index contributed by atoms with van der Waals surface area (Å²) in [6.07, 6.45) is 1.71. The zero-order valence-electron chi connectivity index (χ0n) is 15.2. The molecule has 1 saturated heterocycles. The van der Waals surface area contributed by atoms with Crippen molar-refractivity contribution in [3.8, 4) is 0 Å². The van der Waals surface area contributed by atoms with E-state index in [0.717, 1.165) is 48.4 Å². The number of aromatic nitrogens is 3. The molecule has 1 aliphatic heterocycles. The Hall–Kier alpha value is -2.50. The van der Waals surface area contributed by atoms with Gasteiger partial charge in [0.25, 0.3) is 5.91 Å². The molecule has 25 heavy (non-hydrogen) atoms. The van der Waals surface area contributed by atoms with Crippen molar-refractivity contribution in [2.75, 3.05) is 31.1 Å². The lowest BCUT2D eigenvalue weighted by atomic mass is 10.1. The summed E-state index contributed by atoms with van der Waals surface area (Å²) in [4.78, 5) is 21.3. The molecule has 0 radical (unpaired) electrons.